The fraction of sp³-hybridized carbons (Fsp3) is 0.125. The van der Waals surface area contributed by atoms with Crippen molar-refractivity contribution in [3.63, 3.8) is 0 Å². The Morgan fingerprint density at radius 1 is 0.967 bits per heavy atom. The number of nitrogens with zero attached hydrogens (tertiary/aromatic N) is 3. The van der Waals surface area contributed by atoms with Gasteiger partial charge in [-0.25, -0.2) is 9.67 Å². The molecule has 6 heteroatoms. The standard InChI is InChI=1S/C24H22N4O2/c1-3-30-21-15-11-19(12-16-21)25-24(29)22-26-23(18-7-5-4-6-8-18)28(27-22)20-13-9-17(2)10-14-20/h4-16H,3H2,1-2H3,(H,25,29). The van der Waals surface area contributed by atoms with E-state index in [1.54, 1.807) is 16.8 Å². The fourth-order valence-corrected chi connectivity index (χ4v) is 3.04. The molecule has 0 atom stereocenters. The van der Waals surface area contributed by atoms with Crippen LogP contribution in [0.5, 0.6) is 5.75 Å². The van der Waals surface area contributed by atoms with Gasteiger partial charge in [-0.05, 0) is 50.2 Å². The monoisotopic (exact) mass is 398 g/mol. The second-order valence-corrected chi connectivity index (χ2v) is 6.78. The highest BCUT2D eigenvalue weighted by Crippen LogP contribution is 2.22. The van der Waals surface area contributed by atoms with Crippen molar-refractivity contribution < 1.29 is 9.53 Å². The molecule has 1 N–H and O–H groups in total. The van der Waals surface area contributed by atoms with Gasteiger partial charge in [-0.2, -0.15) is 0 Å². The molecule has 6 nitrogen and oxygen atoms in total. The van der Waals surface area contributed by atoms with Crippen LogP contribution in [0.15, 0.2) is 78.9 Å². The highest BCUT2D eigenvalue weighted by Gasteiger charge is 2.19. The van der Waals surface area contributed by atoms with Crippen LogP contribution in [0.1, 0.15) is 23.1 Å². The van der Waals surface area contributed by atoms with Crippen molar-refractivity contribution in [1.29, 1.82) is 0 Å². The van der Waals surface area contributed by atoms with E-state index in [9.17, 15) is 4.79 Å². The Morgan fingerprint density at radius 2 is 1.67 bits per heavy atom. The predicted octanol–water partition coefficient (Wildman–Crippen LogP) is 4.89. The molecule has 0 fully saturated rings. The number of hydrogen-bond acceptors (Lipinski definition) is 4. The van der Waals surface area contributed by atoms with E-state index in [1.165, 1.54) is 0 Å². The molecule has 0 radical (unpaired) electrons. The van der Waals surface area contributed by atoms with Gasteiger partial charge in [0.1, 0.15) is 5.75 Å². The van der Waals surface area contributed by atoms with E-state index < -0.39 is 0 Å². The normalized spacial score (nSPS) is 10.6. The van der Waals surface area contributed by atoms with E-state index in [-0.39, 0.29) is 11.7 Å². The first-order chi connectivity index (χ1) is 14.6. The minimum absolute atomic E-state index is 0.100. The largest absolute Gasteiger partial charge is 0.494 e. The number of rotatable bonds is 6. The van der Waals surface area contributed by atoms with Crippen LogP contribution >= 0.6 is 0 Å². The smallest absolute Gasteiger partial charge is 0.295 e. The number of ether oxygens (including phenoxy) is 1. The summed E-state index contributed by atoms with van der Waals surface area (Å²) in [7, 11) is 0. The Hall–Kier alpha value is -3.93. The Morgan fingerprint density at radius 3 is 2.33 bits per heavy atom. The fourth-order valence-electron chi connectivity index (χ4n) is 3.04. The van der Waals surface area contributed by atoms with Crippen molar-refractivity contribution in [3.8, 4) is 22.8 Å². The molecule has 1 heterocycles. The lowest BCUT2D eigenvalue weighted by molar-refractivity contribution is 0.101. The lowest BCUT2D eigenvalue weighted by Gasteiger charge is -2.06. The van der Waals surface area contributed by atoms with E-state index in [1.807, 2.05) is 80.6 Å². The van der Waals surface area contributed by atoms with Gasteiger partial charge in [0.2, 0.25) is 5.82 Å². The van der Waals surface area contributed by atoms with Crippen LogP contribution in [0.4, 0.5) is 5.69 Å². The summed E-state index contributed by atoms with van der Waals surface area (Å²) in [5.74, 6) is 1.09. The maximum atomic E-state index is 12.8. The molecule has 0 unspecified atom stereocenters. The summed E-state index contributed by atoms with van der Waals surface area (Å²) < 4.78 is 7.13. The van der Waals surface area contributed by atoms with E-state index in [0.717, 1.165) is 22.6 Å². The summed E-state index contributed by atoms with van der Waals surface area (Å²) in [5, 5.41) is 7.35. The molecular formula is C24H22N4O2. The molecule has 0 saturated heterocycles. The molecule has 4 rings (SSSR count). The summed E-state index contributed by atoms with van der Waals surface area (Å²) in [6.07, 6.45) is 0. The molecular weight excluding hydrogens is 376 g/mol. The summed E-state index contributed by atoms with van der Waals surface area (Å²) in [6.45, 7) is 4.54. The summed E-state index contributed by atoms with van der Waals surface area (Å²) in [4.78, 5) is 17.4. The molecule has 4 aromatic rings. The Kier molecular flexibility index (Phi) is 5.57. The maximum absolute atomic E-state index is 12.8. The molecule has 0 bridgehead atoms. The van der Waals surface area contributed by atoms with Gasteiger partial charge in [0.15, 0.2) is 5.82 Å². The van der Waals surface area contributed by atoms with Gasteiger partial charge in [0, 0.05) is 11.3 Å². The van der Waals surface area contributed by atoms with Crippen molar-refractivity contribution in [3.05, 3.63) is 90.3 Å². The van der Waals surface area contributed by atoms with E-state index in [4.69, 9.17) is 4.74 Å². The SMILES string of the molecule is CCOc1ccc(NC(=O)c2nc(-c3ccccc3)n(-c3ccc(C)cc3)n2)cc1. The number of carbonyl (C=O) groups is 1. The van der Waals surface area contributed by atoms with Crippen LogP contribution in [0, 0.1) is 6.92 Å². The third-order valence-electron chi connectivity index (χ3n) is 4.54. The highest BCUT2D eigenvalue weighted by atomic mass is 16.5. The number of benzene rings is 3. The molecule has 0 aliphatic carbocycles. The first kappa shape index (κ1) is 19.4. The molecule has 3 aromatic carbocycles. The topological polar surface area (TPSA) is 69.0 Å². The number of anilines is 1. The molecule has 0 aliphatic heterocycles. The highest BCUT2D eigenvalue weighted by molar-refractivity contribution is 6.01. The zero-order chi connectivity index (χ0) is 20.9. The van der Waals surface area contributed by atoms with Gasteiger partial charge in [-0.1, -0.05) is 48.0 Å². The molecule has 1 aromatic heterocycles. The zero-order valence-corrected chi connectivity index (χ0v) is 16.9. The summed E-state index contributed by atoms with van der Waals surface area (Å²) >= 11 is 0. The van der Waals surface area contributed by atoms with Crippen LogP contribution in [0.3, 0.4) is 0 Å². The molecule has 0 spiro atoms. The maximum Gasteiger partial charge on any atom is 0.295 e. The van der Waals surface area contributed by atoms with Gasteiger partial charge in [-0.15, -0.1) is 5.10 Å². The van der Waals surface area contributed by atoms with Crippen LogP contribution in [-0.4, -0.2) is 27.3 Å². The molecule has 1 amide bonds. The molecule has 30 heavy (non-hydrogen) atoms. The van der Waals surface area contributed by atoms with Gasteiger partial charge < -0.3 is 10.1 Å². The second-order valence-electron chi connectivity index (χ2n) is 6.78. The van der Waals surface area contributed by atoms with E-state index in [2.05, 4.69) is 15.4 Å². The number of aryl methyl sites for hydroxylation is 1. The quantitative estimate of drug-likeness (QED) is 0.502. The Labute approximate surface area is 175 Å². The molecule has 0 aliphatic rings. The third kappa shape index (κ3) is 4.22. The van der Waals surface area contributed by atoms with Crippen molar-refractivity contribution >= 4 is 11.6 Å². The van der Waals surface area contributed by atoms with Crippen molar-refractivity contribution in [2.45, 2.75) is 13.8 Å². The van der Waals surface area contributed by atoms with E-state index in [0.29, 0.717) is 18.1 Å². The van der Waals surface area contributed by atoms with Crippen molar-refractivity contribution in [1.82, 2.24) is 14.8 Å². The lowest BCUT2D eigenvalue weighted by atomic mass is 10.2. The third-order valence-corrected chi connectivity index (χ3v) is 4.54. The Balaban J connectivity index is 1.66. The lowest BCUT2D eigenvalue weighted by Crippen LogP contribution is -2.14. The van der Waals surface area contributed by atoms with Gasteiger partial charge >= 0.3 is 0 Å². The number of carbonyl (C=O) groups excluding carboxylic acids is 1. The molecule has 0 saturated carbocycles. The number of amides is 1. The number of nitrogens with one attached hydrogen (secondary N) is 1. The van der Waals surface area contributed by atoms with Crippen LogP contribution < -0.4 is 10.1 Å². The van der Waals surface area contributed by atoms with Crippen LogP contribution in [-0.2, 0) is 0 Å². The average molecular weight is 398 g/mol. The minimum Gasteiger partial charge on any atom is -0.494 e. The second kappa shape index (κ2) is 8.61. The van der Waals surface area contributed by atoms with Crippen LogP contribution in [0.2, 0.25) is 0 Å². The Bertz CT molecular complexity index is 1130. The van der Waals surface area contributed by atoms with Crippen molar-refractivity contribution in [2.75, 3.05) is 11.9 Å². The van der Waals surface area contributed by atoms with Gasteiger partial charge in [-0.3, -0.25) is 4.79 Å². The van der Waals surface area contributed by atoms with E-state index >= 15 is 0 Å². The zero-order valence-electron chi connectivity index (χ0n) is 16.9. The minimum atomic E-state index is -0.373. The van der Waals surface area contributed by atoms with Gasteiger partial charge in [0.05, 0.1) is 12.3 Å². The number of aromatic nitrogens is 3. The summed E-state index contributed by atoms with van der Waals surface area (Å²) in [5.41, 5.74) is 3.52. The first-order valence-electron chi connectivity index (χ1n) is 9.78. The predicted molar refractivity (Wildman–Crippen MR) is 117 cm³/mol. The average Bonchev–Trinajstić information content (AvgIpc) is 3.22. The number of hydrogen-bond donors (Lipinski definition) is 1. The first-order valence-corrected chi connectivity index (χ1v) is 9.78. The van der Waals surface area contributed by atoms with Crippen molar-refractivity contribution in [2.24, 2.45) is 0 Å². The van der Waals surface area contributed by atoms with Crippen LogP contribution in [0.25, 0.3) is 17.1 Å². The summed E-state index contributed by atoms with van der Waals surface area (Å²) in [6, 6.07) is 24.8. The van der Waals surface area contributed by atoms with Gasteiger partial charge in [0.25, 0.3) is 5.91 Å². The molecule has 150 valence electrons.